The Morgan fingerprint density at radius 1 is 1.29 bits per heavy atom. The van der Waals surface area contributed by atoms with Gasteiger partial charge in [0.2, 0.25) is 5.91 Å². The molecule has 6 heteroatoms. The molecular weight excluding hydrogens is 240 g/mol. The predicted molar refractivity (Wildman–Crippen MR) is 64.5 cm³/mol. The summed E-state index contributed by atoms with van der Waals surface area (Å²) in [4.78, 5) is 38.5. The van der Waals surface area contributed by atoms with Crippen LogP contribution in [-0.2, 0) is 9.59 Å². The molecule has 5 nitrogen and oxygen atoms in total. The van der Waals surface area contributed by atoms with E-state index in [0.717, 1.165) is 16.7 Å². The Bertz CT molecular complexity index is 383. The number of hydrogen-bond acceptors (Lipinski definition) is 4. The van der Waals surface area contributed by atoms with E-state index in [4.69, 9.17) is 0 Å². The average Bonchev–Trinajstić information content (AvgIpc) is 2.63. The highest BCUT2D eigenvalue weighted by atomic mass is 32.2. The van der Waals surface area contributed by atoms with Crippen molar-refractivity contribution in [3.63, 3.8) is 0 Å². The van der Waals surface area contributed by atoms with Gasteiger partial charge in [-0.3, -0.25) is 19.3 Å². The van der Waals surface area contributed by atoms with Crippen LogP contribution in [0.15, 0.2) is 0 Å². The summed E-state index contributed by atoms with van der Waals surface area (Å²) in [5.74, 6) is 0.359. The summed E-state index contributed by atoms with van der Waals surface area (Å²) in [5.41, 5.74) is 0. The SMILES string of the molecule is CC(C)CC1C(=O)N2C(=O)SCC2C(=O)N1C. The minimum absolute atomic E-state index is 0.117. The topological polar surface area (TPSA) is 57.7 Å². The van der Waals surface area contributed by atoms with Crippen LogP contribution in [0.25, 0.3) is 0 Å². The van der Waals surface area contributed by atoms with Crippen LogP contribution in [0.4, 0.5) is 4.79 Å². The maximum absolute atomic E-state index is 12.2. The molecule has 17 heavy (non-hydrogen) atoms. The van der Waals surface area contributed by atoms with Gasteiger partial charge in [0.1, 0.15) is 12.1 Å². The number of fused-ring (bicyclic) bond motifs is 1. The quantitative estimate of drug-likeness (QED) is 0.737. The molecule has 3 amide bonds. The lowest BCUT2D eigenvalue weighted by atomic mass is 9.98. The van der Waals surface area contributed by atoms with Crippen LogP contribution in [-0.4, -0.2) is 51.7 Å². The second-order valence-electron chi connectivity index (χ2n) is 4.90. The van der Waals surface area contributed by atoms with Gasteiger partial charge in [-0.15, -0.1) is 0 Å². The zero-order valence-electron chi connectivity index (χ0n) is 10.2. The number of imide groups is 1. The largest absolute Gasteiger partial charge is 0.332 e. The lowest BCUT2D eigenvalue weighted by Crippen LogP contribution is -2.63. The molecule has 94 valence electrons. The number of carbonyl (C=O) groups is 3. The fourth-order valence-electron chi connectivity index (χ4n) is 2.27. The molecule has 2 heterocycles. The number of piperazine rings is 1. The highest BCUT2D eigenvalue weighted by molar-refractivity contribution is 8.14. The van der Waals surface area contributed by atoms with Gasteiger partial charge in [0, 0.05) is 12.8 Å². The summed E-state index contributed by atoms with van der Waals surface area (Å²) in [5, 5.41) is -0.282. The monoisotopic (exact) mass is 256 g/mol. The molecule has 0 spiro atoms. The number of carbonyl (C=O) groups excluding carboxylic acids is 3. The molecule has 2 fully saturated rings. The maximum atomic E-state index is 12.2. The average molecular weight is 256 g/mol. The van der Waals surface area contributed by atoms with Crippen molar-refractivity contribution in [2.75, 3.05) is 12.8 Å². The molecule has 2 saturated heterocycles. The van der Waals surface area contributed by atoms with Crippen LogP contribution < -0.4 is 0 Å². The van der Waals surface area contributed by atoms with Crippen molar-refractivity contribution in [2.45, 2.75) is 32.4 Å². The van der Waals surface area contributed by atoms with E-state index in [2.05, 4.69) is 0 Å². The van der Waals surface area contributed by atoms with Gasteiger partial charge < -0.3 is 4.90 Å². The zero-order chi connectivity index (χ0) is 12.7. The van der Waals surface area contributed by atoms with E-state index < -0.39 is 12.1 Å². The summed E-state index contributed by atoms with van der Waals surface area (Å²) in [6, 6.07) is -1.06. The van der Waals surface area contributed by atoms with E-state index in [1.807, 2.05) is 13.8 Å². The van der Waals surface area contributed by atoms with Crippen molar-refractivity contribution < 1.29 is 14.4 Å². The van der Waals surface area contributed by atoms with E-state index in [0.29, 0.717) is 18.1 Å². The number of thioether (sulfide) groups is 1. The predicted octanol–water partition coefficient (Wildman–Crippen LogP) is 0.937. The second kappa shape index (κ2) is 4.33. The zero-order valence-corrected chi connectivity index (χ0v) is 11.0. The Balaban J connectivity index is 2.27. The molecule has 0 saturated carbocycles. The van der Waals surface area contributed by atoms with Crippen molar-refractivity contribution in [3.8, 4) is 0 Å². The first-order valence-electron chi connectivity index (χ1n) is 5.70. The van der Waals surface area contributed by atoms with E-state index in [1.54, 1.807) is 7.05 Å². The highest BCUT2D eigenvalue weighted by Crippen LogP contribution is 2.31. The number of nitrogens with zero attached hydrogens (tertiary/aromatic N) is 2. The summed E-state index contributed by atoms with van der Waals surface area (Å²) < 4.78 is 0. The summed E-state index contributed by atoms with van der Waals surface area (Å²) in [7, 11) is 1.65. The molecule has 0 N–H and O–H groups in total. The van der Waals surface area contributed by atoms with E-state index in [9.17, 15) is 14.4 Å². The van der Waals surface area contributed by atoms with Crippen LogP contribution in [0.5, 0.6) is 0 Å². The molecule has 2 rings (SSSR count). The lowest BCUT2D eigenvalue weighted by Gasteiger charge is -2.39. The third-order valence-electron chi connectivity index (χ3n) is 3.19. The Morgan fingerprint density at radius 2 is 1.94 bits per heavy atom. The van der Waals surface area contributed by atoms with Gasteiger partial charge in [-0.2, -0.15) is 0 Å². The molecule has 0 aromatic carbocycles. The molecule has 0 aliphatic carbocycles. The van der Waals surface area contributed by atoms with Gasteiger partial charge in [0.25, 0.3) is 11.1 Å². The fourth-order valence-corrected chi connectivity index (χ4v) is 3.22. The third-order valence-corrected chi connectivity index (χ3v) is 4.12. The minimum atomic E-state index is -0.576. The molecule has 2 atom stereocenters. The molecule has 0 radical (unpaired) electrons. The van der Waals surface area contributed by atoms with Gasteiger partial charge in [-0.1, -0.05) is 25.6 Å². The lowest BCUT2D eigenvalue weighted by molar-refractivity contribution is -0.155. The Hall–Kier alpha value is -1.04. The van der Waals surface area contributed by atoms with Crippen LogP contribution >= 0.6 is 11.8 Å². The van der Waals surface area contributed by atoms with Crippen molar-refractivity contribution in [1.82, 2.24) is 9.80 Å². The standard InChI is InChI=1S/C11H16N2O3S/c1-6(2)4-7-10(15)13-8(5-17-11(13)16)9(14)12(7)3/h6-8H,4-5H2,1-3H3. The number of likely N-dealkylation sites (N-methyl/N-ethyl adjacent to an activating group) is 1. The molecule has 2 aliphatic heterocycles. The maximum Gasteiger partial charge on any atom is 0.289 e. The van der Waals surface area contributed by atoms with Crippen LogP contribution in [0.2, 0.25) is 0 Å². The molecular formula is C11H16N2O3S. The first-order valence-corrected chi connectivity index (χ1v) is 6.68. The van der Waals surface area contributed by atoms with Crippen LogP contribution in [0, 0.1) is 5.92 Å². The van der Waals surface area contributed by atoms with Crippen molar-refractivity contribution in [1.29, 1.82) is 0 Å². The molecule has 2 aliphatic rings. The second-order valence-corrected chi connectivity index (χ2v) is 5.87. The van der Waals surface area contributed by atoms with E-state index >= 15 is 0 Å². The first-order chi connectivity index (χ1) is 7.93. The third kappa shape index (κ3) is 1.94. The normalized spacial score (nSPS) is 29.3. The first kappa shape index (κ1) is 12.4. The number of amides is 3. The number of rotatable bonds is 2. The van der Waals surface area contributed by atoms with Crippen LogP contribution in [0.3, 0.4) is 0 Å². The summed E-state index contributed by atoms with van der Waals surface area (Å²) in [6.45, 7) is 4.00. The smallest absolute Gasteiger partial charge is 0.289 e. The molecule has 2 unspecified atom stereocenters. The van der Waals surface area contributed by atoms with Gasteiger partial charge >= 0.3 is 0 Å². The van der Waals surface area contributed by atoms with Crippen molar-refractivity contribution >= 4 is 28.8 Å². The highest BCUT2D eigenvalue weighted by Gasteiger charge is 2.50. The van der Waals surface area contributed by atoms with E-state index in [-0.39, 0.29) is 17.1 Å². The van der Waals surface area contributed by atoms with Gasteiger partial charge in [-0.05, 0) is 12.3 Å². The van der Waals surface area contributed by atoms with Crippen molar-refractivity contribution in [2.24, 2.45) is 5.92 Å². The Labute approximate surface area is 105 Å². The van der Waals surface area contributed by atoms with Crippen LogP contribution in [0.1, 0.15) is 20.3 Å². The fraction of sp³-hybridized carbons (Fsp3) is 0.727. The Morgan fingerprint density at radius 3 is 2.53 bits per heavy atom. The number of hydrogen-bond donors (Lipinski definition) is 0. The van der Waals surface area contributed by atoms with Gasteiger partial charge in [-0.25, -0.2) is 0 Å². The van der Waals surface area contributed by atoms with E-state index in [1.165, 1.54) is 4.90 Å². The molecule has 0 aromatic heterocycles. The molecule has 0 bridgehead atoms. The molecule has 0 aromatic rings. The van der Waals surface area contributed by atoms with Gasteiger partial charge in [0.05, 0.1) is 0 Å². The minimum Gasteiger partial charge on any atom is -0.332 e. The van der Waals surface area contributed by atoms with Gasteiger partial charge in [0.15, 0.2) is 0 Å². The summed E-state index contributed by atoms with van der Waals surface area (Å²) in [6.07, 6.45) is 0.599. The summed E-state index contributed by atoms with van der Waals surface area (Å²) >= 11 is 1.05. The Kier molecular flexibility index (Phi) is 3.16. The van der Waals surface area contributed by atoms with Crippen molar-refractivity contribution in [3.05, 3.63) is 0 Å².